The van der Waals surface area contributed by atoms with E-state index in [1.54, 1.807) is 27.4 Å². The van der Waals surface area contributed by atoms with Gasteiger partial charge in [-0.15, -0.1) is 0 Å². The Morgan fingerprint density at radius 1 is 1.42 bits per heavy atom. The Morgan fingerprint density at radius 3 is 3.04 bits per heavy atom. The minimum atomic E-state index is -0.0383. The van der Waals surface area contributed by atoms with Crippen LogP contribution in [-0.4, -0.2) is 71.2 Å². The molecule has 0 bridgehead atoms. The molecular weight excluding hydrogens is 334 g/mol. The third kappa shape index (κ3) is 4.20. The number of carbonyl (C=O) groups is 1. The molecule has 26 heavy (non-hydrogen) atoms. The van der Waals surface area contributed by atoms with Crippen LogP contribution in [0.2, 0.25) is 0 Å². The third-order valence-electron chi connectivity index (χ3n) is 4.47. The molecular formula is C18H25N5O3. The number of likely N-dealkylation sites (N-methyl/N-ethyl adjacent to an activating group) is 1. The lowest BCUT2D eigenvalue weighted by Crippen LogP contribution is -2.39. The molecule has 1 aliphatic rings. The van der Waals surface area contributed by atoms with E-state index in [0.29, 0.717) is 12.5 Å². The topological polar surface area (TPSA) is 72.7 Å². The molecule has 1 amide bonds. The summed E-state index contributed by atoms with van der Waals surface area (Å²) in [7, 11) is 5.09. The van der Waals surface area contributed by atoms with Crippen LogP contribution in [0, 0.1) is 0 Å². The second-order valence-corrected chi connectivity index (χ2v) is 6.59. The first-order valence-corrected chi connectivity index (χ1v) is 8.57. The van der Waals surface area contributed by atoms with Crippen LogP contribution in [0.15, 0.2) is 30.9 Å². The zero-order chi connectivity index (χ0) is 18.5. The highest BCUT2D eigenvalue weighted by Crippen LogP contribution is 2.24. The van der Waals surface area contributed by atoms with E-state index in [4.69, 9.17) is 9.47 Å². The maximum atomic E-state index is 11.7. The molecule has 1 unspecified atom stereocenters. The number of hydrogen-bond acceptors (Lipinski definition) is 6. The Kier molecular flexibility index (Phi) is 5.85. The van der Waals surface area contributed by atoms with Gasteiger partial charge in [0.1, 0.15) is 6.61 Å². The maximum Gasteiger partial charge on any atom is 0.248 e. The highest BCUT2D eigenvalue weighted by atomic mass is 16.5. The van der Waals surface area contributed by atoms with E-state index in [1.165, 1.54) is 4.90 Å². The summed E-state index contributed by atoms with van der Waals surface area (Å²) < 4.78 is 13.2. The van der Waals surface area contributed by atoms with Crippen molar-refractivity contribution in [3.63, 3.8) is 0 Å². The summed E-state index contributed by atoms with van der Waals surface area (Å²) in [6.07, 6.45) is 5.44. The van der Waals surface area contributed by atoms with Gasteiger partial charge in [-0.3, -0.25) is 9.69 Å². The predicted molar refractivity (Wildman–Crippen MR) is 95.7 cm³/mol. The van der Waals surface area contributed by atoms with Crippen molar-refractivity contribution in [2.75, 3.05) is 41.0 Å². The largest absolute Gasteiger partial charge is 0.481 e. The molecule has 8 nitrogen and oxygen atoms in total. The van der Waals surface area contributed by atoms with Gasteiger partial charge in [-0.2, -0.15) is 0 Å². The van der Waals surface area contributed by atoms with Crippen LogP contribution in [0.5, 0.6) is 5.88 Å². The molecule has 0 aromatic carbocycles. The third-order valence-corrected chi connectivity index (χ3v) is 4.47. The fourth-order valence-electron chi connectivity index (χ4n) is 3.10. The molecule has 2 aromatic rings. The van der Waals surface area contributed by atoms with Crippen LogP contribution in [0.1, 0.15) is 17.3 Å². The summed E-state index contributed by atoms with van der Waals surface area (Å²) in [5.74, 6) is 0.611. The lowest BCUT2D eigenvalue weighted by molar-refractivity contribution is -0.134. The van der Waals surface area contributed by atoms with Gasteiger partial charge in [0.15, 0.2) is 0 Å². The van der Waals surface area contributed by atoms with Crippen molar-refractivity contribution in [2.45, 2.75) is 19.1 Å². The smallest absolute Gasteiger partial charge is 0.248 e. The standard InChI is InChI=1S/C18H25N5O3/c1-21(2)17(24)12-26-11-16-10-22(9-15-7-19-13-23(15)16)8-14-5-4-6-20-18(14)25-3/h4-7,13,16H,8-12H2,1-3H3. The summed E-state index contributed by atoms with van der Waals surface area (Å²) >= 11 is 0. The van der Waals surface area contributed by atoms with E-state index in [0.717, 1.165) is 30.9 Å². The molecule has 3 rings (SSSR count). The summed E-state index contributed by atoms with van der Waals surface area (Å²) in [5, 5.41) is 0. The van der Waals surface area contributed by atoms with Gasteiger partial charge in [0.2, 0.25) is 11.8 Å². The highest BCUT2D eigenvalue weighted by Gasteiger charge is 2.26. The molecule has 0 fully saturated rings. The summed E-state index contributed by atoms with van der Waals surface area (Å²) in [6.45, 7) is 2.88. The Balaban J connectivity index is 1.66. The molecule has 0 saturated carbocycles. The zero-order valence-corrected chi connectivity index (χ0v) is 15.5. The van der Waals surface area contributed by atoms with Crippen molar-refractivity contribution < 1.29 is 14.3 Å². The van der Waals surface area contributed by atoms with Crippen molar-refractivity contribution in [3.05, 3.63) is 42.1 Å². The number of hydrogen-bond donors (Lipinski definition) is 0. The summed E-state index contributed by atoms with van der Waals surface area (Å²) in [5.41, 5.74) is 2.18. The minimum absolute atomic E-state index is 0.0383. The lowest BCUT2D eigenvalue weighted by atomic mass is 10.1. The first-order valence-electron chi connectivity index (χ1n) is 8.57. The van der Waals surface area contributed by atoms with E-state index in [1.807, 2.05) is 24.7 Å². The van der Waals surface area contributed by atoms with Crippen molar-refractivity contribution in [1.29, 1.82) is 0 Å². The van der Waals surface area contributed by atoms with Gasteiger partial charge >= 0.3 is 0 Å². The van der Waals surface area contributed by atoms with Gasteiger partial charge in [-0.25, -0.2) is 9.97 Å². The van der Waals surface area contributed by atoms with Gasteiger partial charge in [0.25, 0.3) is 0 Å². The number of fused-ring (bicyclic) bond motifs is 1. The van der Waals surface area contributed by atoms with Gasteiger partial charge in [0, 0.05) is 51.7 Å². The number of methoxy groups -OCH3 is 1. The second kappa shape index (κ2) is 8.29. The van der Waals surface area contributed by atoms with Crippen LogP contribution >= 0.6 is 0 Å². The quantitative estimate of drug-likeness (QED) is 0.733. The van der Waals surface area contributed by atoms with E-state index in [9.17, 15) is 4.79 Å². The average Bonchev–Trinajstić information content (AvgIpc) is 3.10. The SMILES string of the molecule is COc1ncccc1CN1Cc2cncn2C(COCC(=O)N(C)C)C1. The number of rotatable bonds is 7. The van der Waals surface area contributed by atoms with E-state index < -0.39 is 0 Å². The first kappa shape index (κ1) is 18.3. The van der Waals surface area contributed by atoms with Gasteiger partial charge in [-0.05, 0) is 6.07 Å². The van der Waals surface area contributed by atoms with E-state index >= 15 is 0 Å². The summed E-state index contributed by atoms with van der Waals surface area (Å²) in [6, 6.07) is 4.05. The fraction of sp³-hybridized carbons (Fsp3) is 0.500. The van der Waals surface area contributed by atoms with Crippen molar-refractivity contribution in [2.24, 2.45) is 0 Å². The van der Waals surface area contributed by atoms with Crippen LogP contribution in [0.25, 0.3) is 0 Å². The normalized spacial score (nSPS) is 17.0. The maximum absolute atomic E-state index is 11.7. The second-order valence-electron chi connectivity index (χ2n) is 6.59. The zero-order valence-electron chi connectivity index (χ0n) is 15.5. The van der Waals surface area contributed by atoms with E-state index in [-0.39, 0.29) is 18.6 Å². The molecule has 1 aliphatic heterocycles. The van der Waals surface area contributed by atoms with Gasteiger partial charge in [0.05, 0.1) is 31.8 Å². The fourth-order valence-corrected chi connectivity index (χ4v) is 3.10. The lowest BCUT2D eigenvalue weighted by Gasteiger charge is -2.34. The Morgan fingerprint density at radius 2 is 2.27 bits per heavy atom. The molecule has 2 aromatic heterocycles. The molecule has 0 aliphatic carbocycles. The number of ether oxygens (including phenoxy) is 2. The number of aromatic nitrogens is 3. The number of amides is 1. The first-order chi connectivity index (χ1) is 12.6. The Hall–Kier alpha value is -2.45. The predicted octanol–water partition coefficient (Wildman–Crippen LogP) is 0.948. The van der Waals surface area contributed by atoms with Crippen molar-refractivity contribution >= 4 is 5.91 Å². The Bertz CT molecular complexity index is 746. The molecule has 3 heterocycles. The molecule has 0 spiro atoms. The van der Waals surface area contributed by atoms with Crippen LogP contribution in [0.4, 0.5) is 0 Å². The monoisotopic (exact) mass is 359 g/mol. The molecule has 0 radical (unpaired) electrons. The number of imidazole rings is 1. The molecule has 0 N–H and O–H groups in total. The molecule has 1 atom stereocenters. The molecule has 8 heteroatoms. The number of pyridine rings is 1. The number of nitrogens with zero attached hydrogens (tertiary/aromatic N) is 5. The van der Waals surface area contributed by atoms with Crippen molar-refractivity contribution in [3.8, 4) is 5.88 Å². The average molecular weight is 359 g/mol. The van der Waals surface area contributed by atoms with Crippen LogP contribution in [0.3, 0.4) is 0 Å². The number of carbonyl (C=O) groups excluding carboxylic acids is 1. The van der Waals surface area contributed by atoms with Gasteiger partial charge < -0.3 is 18.9 Å². The highest BCUT2D eigenvalue weighted by molar-refractivity contribution is 5.76. The minimum Gasteiger partial charge on any atom is -0.481 e. The summed E-state index contributed by atoms with van der Waals surface area (Å²) in [4.78, 5) is 24.1. The molecule has 140 valence electrons. The Labute approximate surface area is 153 Å². The molecule has 0 saturated heterocycles. The van der Waals surface area contributed by atoms with Gasteiger partial charge in [-0.1, -0.05) is 6.07 Å². The van der Waals surface area contributed by atoms with Crippen molar-refractivity contribution in [1.82, 2.24) is 24.3 Å². The van der Waals surface area contributed by atoms with Crippen LogP contribution < -0.4 is 4.74 Å². The van der Waals surface area contributed by atoms with Crippen LogP contribution in [-0.2, 0) is 22.6 Å². The van der Waals surface area contributed by atoms with E-state index in [2.05, 4.69) is 19.4 Å².